The van der Waals surface area contributed by atoms with Crippen LogP contribution in [0.2, 0.25) is 0 Å². The SMILES string of the molecule is CC(O)C1CCN(Cc2cn(CCC#N)nc2-c2ccccc2)C1. The maximum atomic E-state index is 9.80. The standard InChI is InChI=1S/C19H24N4O/c1-15(24)17-8-11-22(12-17)13-18-14-23(10-5-9-20)21-19(18)16-6-3-2-4-7-16/h2-4,6-7,14-15,17,24H,5,8,10-13H2,1H3. The molecule has 0 aliphatic carbocycles. The predicted molar refractivity (Wildman–Crippen MR) is 93.0 cm³/mol. The fourth-order valence-electron chi connectivity index (χ4n) is 3.34. The molecule has 1 saturated heterocycles. The van der Waals surface area contributed by atoms with Gasteiger partial charge in [0.05, 0.1) is 30.8 Å². The lowest BCUT2D eigenvalue weighted by atomic mass is 10.0. The molecule has 0 bridgehead atoms. The number of nitriles is 1. The van der Waals surface area contributed by atoms with Crippen LogP contribution in [0.5, 0.6) is 0 Å². The van der Waals surface area contributed by atoms with E-state index in [0.717, 1.165) is 37.3 Å². The van der Waals surface area contributed by atoms with Crippen LogP contribution in [0.4, 0.5) is 0 Å². The second kappa shape index (κ2) is 7.61. The number of aliphatic hydroxyl groups excluding tert-OH is 1. The van der Waals surface area contributed by atoms with E-state index in [2.05, 4.69) is 29.3 Å². The number of hydrogen-bond donors (Lipinski definition) is 1. The fraction of sp³-hybridized carbons (Fsp3) is 0.474. The molecular formula is C19H24N4O. The van der Waals surface area contributed by atoms with Gasteiger partial charge in [-0.15, -0.1) is 0 Å². The Morgan fingerprint density at radius 2 is 2.17 bits per heavy atom. The van der Waals surface area contributed by atoms with Crippen LogP contribution < -0.4 is 0 Å². The van der Waals surface area contributed by atoms with Crippen molar-refractivity contribution in [1.82, 2.24) is 14.7 Å². The molecule has 5 nitrogen and oxygen atoms in total. The lowest BCUT2D eigenvalue weighted by Gasteiger charge is -2.17. The van der Waals surface area contributed by atoms with Gasteiger partial charge in [0.15, 0.2) is 0 Å². The topological polar surface area (TPSA) is 65.1 Å². The smallest absolute Gasteiger partial charge is 0.0968 e. The summed E-state index contributed by atoms with van der Waals surface area (Å²) in [7, 11) is 0. The summed E-state index contributed by atoms with van der Waals surface area (Å²) in [5.41, 5.74) is 3.29. The molecule has 1 N–H and O–H groups in total. The van der Waals surface area contributed by atoms with Crippen molar-refractivity contribution in [2.24, 2.45) is 5.92 Å². The van der Waals surface area contributed by atoms with Crippen LogP contribution in [-0.4, -0.2) is 39.0 Å². The number of hydrogen-bond acceptors (Lipinski definition) is 4. The number of nitrogens with zero attached hydrogens (tertiary/aromatic N) is 4. The normalized spacial score (nSPS) is 19.3. The summed E-state index contributed by atoms with van der Waals surface area (Å²) < 4.78 is 1.88. The number of aliphatic hydroxyl groups is 1. The number of benzene rings is 1. The Morgan fingerprint density at radius 3 is 2.83 bits per heavy atom. The lowest BCUT2D eigenvalue weighted by molar-refractivity contribution is 0.127. The minimum atomic E-state index is -0.248. The summed E-state index contributed by atoms with van der Waals surface area (Å²) in [5, 5.41) is 23.3. The predicted octanol–water partition coefficient (Wildman–Crippen LogP) is 2.67. The van der Waals surface area contributed by atoms with Crippen LogP contribution in [0.1, 0.15) is 25.3 Å². The third kappa shape index (κ3) is 3.84. The highest BCUT2D eigenvalue weighted by atomic mass is 16.3. The first-order valence-electron chi connectivity index (χ1n) is 8.56. The molecule has 24 heavy (non-hydrogen) atoms. The highest BCUT2D eigenvalue weighted by Crippen LogP contribution is 2.26. The molecule has 2 atom stereocenters. The van der Waals surface area contributed by atoms with Crippen LogP contribution in [0.3, 0.4) is 0 Å². The summed E-state index contributed by atoms with van der Waals surface area (Å²) in [6.07, 6.45) is 3.32. The van der Waals surface area contributed by atoms with E-state index in [1.54, 1.807) is 0 Å². The Morgan fingerprint density at radius 1 is 1.38 bits per heavy atom. The molecule has 1 fully saturated rings. The highest BCUT2D eigenvalue weighted by Gasteiger charge is 2.27. The van der Waals surface area contributed by atoms with Gasteiger partial charge in [0, 0.05) is 30.4 Å². The lowest BCUT2D eigenvalue weighted by Crippen LogP contribution is -2.24. The summed E-state index contributed by atoms with van der Waals surface area (Å²) >= 11 is 0. The van der Waals surface area contributed by atoms with Crippen molar-refractivity contribution in [3.8, 4) is 17.3 Å². The van der Waals surface area contributed by atoms with E-state index in [9.17, 15) is 5.11 Å². The number of aryl methyl sites for hydroxylation is 1. The van der Waals surface area contributed by atoms with E-state index in [0.29, 0.717) is 18.9 Å². The van der Waals surface area contributed by atoms with Gasteiger partial charge in [-0.2, -0.15) is 10.4 Å². The second-order valence-electron chi connectivity index (χ2n) is 6.56. The molecule has 0 spiro atoms. The number of aromatic nitrogens is 2. The molecule has 126 valence electrons. The zero-order valence-electron chi connectivity index (χ0n) is 14.1. The summed E-state index contributed by atoms with van der Waals surface area (Å²) in [6, 6.07) is 12.4. The average molecular weight is 324 g/mol. The van der Waals surface area contributed by atoms with Crippen molar-refractivity contribution in [1.29, 1.82) is 5.26 Å². The van der Waals surface area contributed by atoms with E-state index < -0.39 is 0 Å². The van der Waals surface area contributed by atoms with E-state index in [1.807, 2.05) is 29.8 Å². The molecule has 2 heterocycles. The van der Waals surface area contributed by atoms with E-state index in [1.165, 1.54) is 5.56 Å². The number of rotatable bonds is 6. The molecule has 1 aliphatic rings. The molecule has 0 saturated carbocycles. The zero-order valence-corrected chi connectivity index (χ0v) is 14.1. The quantitative estimate of drug-likeness (QED) is 0.887. The molecule has 1 aliphatic heterocycles. The summed E-state index contributed by atoms with van der Waals surface area (Å²) in [6.45, 7) is 5.26. The van der Waals surface area contributed by atoms with Crippen molar-refractivity contribution in [2.75, 3.05) is 13.1 Å². The Labute approximate surface area is 143 Å². The monoisotopic (exact) mass is 324 g/mol. The van der Waals surface area contributed by atoms with Gasteiger partial charge in [-0.25, -0.2) is 0 Å². The van der Waals surface area contributed by atoms with Gasteiger partial charge in [-0.3, -0.25) is 9.58 Å². The molecule has 2 unspecified atom stereocenters. The summed E-state index contributed by atoms with van der Waals surface area (Å²) in [5.74, 6) is 0.360. The summed E-state index contributed by atoms with van der Waals surface area (Å²) in [4.78, 5) is 2.38. The maximum absolute atomic E-state index is 9.80. The van der Waals surface area contributed by atoms with Crippen molar-refractivity contribution in [3.63, 3.8) is 0 Å². The largest absolute Gasteiger partial charge is 0.393 e. The first kappa shape index (κ1) is 16.7. The van der Waals surface area contributed by atoms with Gasteiger partial charge in [0.2, 0.25) is 0 Å². The van der Waals surface area contributed by atoms with Crippen LogP contribution in [-0.2, 0) is 13.1 Å². The Bertz CT molecular complexity index is 702. The highest BCUT2D eigenvalue weighted by molar-refractivity contribution is 5.62. The molecule has 0 radical (unpaired) electrons. The van der Waals surface area contributed by atoms with Crippen molar-refractivity contribution >= 4 is 0 Å². The van der Waals surface area contributed by atoms with E-state index in [-0.39, 0.29) is 6.10 Å². The third-order valence-corrected chi connectivity index (χ3v) is 4.72. The third-order valence-electron chi connectivity index (χ3n) is 4.72. The molecule has 1 aromatic heterocycles. The van der Waals surface area contributed by atoms with E-state index in [4.69, 9.17) is 10.4 Å². The molecule has 1 aromatic carbocycles. The van der Waals surface area contributed by atoms with Gasteiger partial charge in [-0.1, -0.05) is 30.3 Å². The van der Waals surface area contributed by atoms with Crippen LogP contribution >= 0.6 is 0 Å². The molecule has 5 heteroatoms. The average Bonchev–Trinajstić information content (AvgIpc) is 3.21. The molecule has 3 rings (SSSR count). The minimum Gasteiger partial charge on any atom is -0.393 e. The van der Waals surface area contributed by atoms with E-state index >= 15 is 0 Å². The maximum Gasteiger partial charge on any atom is 0.0968 e. The van der Waals surface area contributed by atoms with Crippen LogP contribution in [0.25, 0.3) is 11.3 Å². The number of likely N-dealkylation sites (tertiary alicyclic amines) is 1. The van der Waals surface area contributed by atoms with Crippen molar-refractivity contribution in [3.05, 3.63) is 42.1 Å². The fourth-order valence-corrected chi connectivity index (χ4v) is 3.34. The Kier molecular flexibility index (Phi) is 5.29. The van der Waals surface area contributed by atoms with Gasteiger partial charge in [-0.05, 0) is 25.8 Å². The molecule has 0 amide bonds. The van der Waals surface area contributed by atoms with Crippen LogP contribution in [0, 0.1) is 17.2 Å². The van der Waals surface area contributed by atoms with Gasteiger partial charge >= 0.3 is 0 Å². The Hall–Kier alpha value is -2.16. The van der Waals surface area contributed by atoms with Gasteiger partial charge in [0.1, 0.15) is 0 Å². The molecule has 2 aromatic rings. The van der Waals surface area contributed by atoms with Crippen molar-refractivity contribution in [2.45, 2.75) is 39.0 Å². The van der Waals surface area contributed by atoms with Crippen molar-refractivity contribution < 1.29 is 5.11 Å². The van der Waals surface area contributed by atoms with Gasteiger partial charge < -0.3 is 5.11 Å². The molecular weight excluding hydrogens is 300 g/mol. The minimum absolute atomic E-state index is 0.248. The first-order chi connectivity index (χ1) is 11.7. The Balaban J connectivity index is 1.81. The second-order valence-corrected chi connectivity index (χ2v) is 6.56. The zero-order chi connectivity index (χ0) is 16.9. The van der Waals surface area contributed by atoms with Crippen LogP contribution in [0.15, 0.2) is 36.5 Å². The first-order valence-corrected chi connectivity index (χ1v) is 8.56. The van der Waals surface area contributed by atoms with Gasteiger partial charge in [0.25, 0.3) is 0 Å².